The van der Waals surface area contributed by atoms with Crippen LogP contribution < -0.4 is 0 Å². The monoisotopic (exact) mass is 1280 g/mol. The Morgan fingerprint density at radius 2 is 0.586 bits per heavy atom. The van der Waals surface area contributed by atoms with Gasteiger partial charge in [-0.2, -0.15) is 0 Å². The van der Waals surface area contributed by atoms with Crippen LogP contribution in [0.5, 0.6) is 0 Å². The Morgan fingerprint density at radius 1 is 0.333 bits per heavy atom. The molecule has 0 aliphatic heterocycles. The summed E-state index contributed by atoms with van der Waals surface area (Å²) < 4.78 is 68.2. The topological polar surface area (TPSA) is 237 Å². The smallest absolute Gasteiger partial charge is 0.462 e. The van der Waals surface area contributed by atoms with Crippen LogP contribution in [-0.4, -0.2) is 96.7 Å². The fourth-order valence-electron chi connectivity index (χ4n) is 10.1. The molecule has 0 rings (SSSR count). The lowest BCUT2D eigenvalue weighted by Gasteiger charge is -2.21. The number of hydrogen-bond acceptors (Lipinski definition) is 15. The van der Waals surface area contributed by atoms with Crippen LogP contribution in [0.3, 0.4) is 0 Å². The molecule has 87 heavy (non-hydrogen) atoms. The molecule has 0 aromatic heterocycles. The van der Waals surface area contributed by atoms with E-state index in [2.05, 4.69) is 48.5 Å². The zero-order valence-electron chi connectivity index (χ0n) is 56.5. The van der Waals surface area contributed by atoms with Gasteiger partial charge in [-0.15, -0.1) is 0 Å². The van der Waals surface area contributed by atoms with E-state index in [9.17, 15) is 43.2 Å². The molecule has 516 valence electrons. The van der Waals surface area contributed by atoms with Crippen LogP contribution in [0.25, 0.3) is 0 Å². The average molecular weight is 1280 g/mol. The molecule has 17 nitrogen and oxygen atoms in total. The summed E-state index contributed by atoms with van der Waals surface area (Å²) >= 11 is 0. The fourth-order valence-corrected chi connectivity index (χ4v) is 11.7. The van der Waals surface area contributed by atoms with Crippen LogP contribution in [0.2, 0.25) is 0 Å². The van der Waals surface area contributed by atoms with Crippen LogP contribution in [0, 0.1) is 17.8 Å². The van der Waals surface area contributed by atoms with Crippen LogP contribution in [0.15, 0.2) is 0 Å². The standard InChI is InChI=1S/C68H132O17P2/c1-8-11-12-13-14-15-16-17-18-21-28-37-44-51-67(72)84-63(55-78-65(70)49-42-35-27-22-19-20-25-32-39-46-59(4)5)57-82-86(74,75)80-53-62(69)54-81-87(76,77)83-58-64(56-79-66(71)50-43-36-31-30-34-41-48-61(7)10-3)85-68(73)52-45-38-29-24-23-26-33-40-47-60(6)9-2/h59-64,69H,8-58H2,1-7H3,(H,74,75)(H,76,77)/t60?,61?,62-,63-,64-/m1/s1. The van der Waals surface area contributed by atoms with E-state index in [-0.39, 0.29) is 25.7 Å². The molecule has 0 spiro atoms. The van der Waals surface area contributed by atoms with Gasteiger partial charge in [0, 0.05) is 25.7 Å². The summed E-state index contributed by atoms with van der Waals surface area (Å²) in [5.41, 5.74) is 0. The molecule has 0 fully saturated rings. The highest BCUT2D eigenvalue weighted by Crippen LogP contribution is 2.45. The second-order valence-corrected chi connectivity index (χ2v) is 28.4. The van der Waals surface area contributed by atoms with E-state index >= 15 is 0 Å². The Kier molecular flexibility index (Phi) is 57.8. The molecule has 0 aliphatic rings. The molecule has 0 heterocycles. The number of aliphatic hydroxyl groups excluding tert-OH is 1. The van der Waals surface area contributed by atoms with Gasteiger partial charge in [0.1, 0.15) is 19.3 Å². The lowest BCUT2D eigenvalue weighted by Crippen LogP contribution is -2.30. The van der Waals surface area contributed by atoms with E-state index in [1.54, 1.807) is 0 Å². The highest BCUT2D eigenvalue weighted by Gasteiger charge is 2.30. The van der Waals surface area contributed by atoms with Crippen molar-refractivity contribution in [1.82, 2.24) is 0 Å². The number of rotatable bonds is 66. The zero-order valence-corrected chi connectivity index (χ0v) is 58.3. The third kappa shape index (κ3) is 60.1. The third-order valence-electron chi connectivity index (χ3n) is 16.4. The molecular weight excluding hydrogens is 1150 g/mol. The number of esters is 4. The van der Waals surface area contributed by atoms with Crippen LogP contribution >= 0.6 is 15.6 Å². The summed E-state index contributed by atoms with van der Waals surface area (Å²) in [5, 5.41) is 10.6. The van der Waals surface area contributed by atoms with Gasteiger partial charge >= 0.3 is 39.5 Å². The Hall–Kier alpha value is -1.94. The number of phosphoric ester groups is 2. The zero-order chi connectivity index (χ0) is 64.5. The van der Waals surface area contributed by atoms with E-state index in [1.807, 2.05) is 0 Å². The molecule has 19 heteroatoms. The molecule has 0 saturated carbocycles. The Labute approximate surface area is 530 Å². The number of hydrogen-bond donors (Lipinski definition) is 3. The quantitative estimate of drug-likeness (QED) is 0.0222. The Bertz CT molecular complexity index is 1720. The van der Waals surface area contributed by atoms with Crippen molar-refractivity contribution in [3.8, 4) is 0 Å². The predicted molar refractivity (Wildman–Crippen MR) is 349 cm³/mol. The maximum absolute atomic E-state index is 13.0. The highest BCUT2D eigenvalue weighted by atomic mass is 31.2. The van der Waals surface area contributed by atoms with Crippen LogP contribution in [0.1, 0.15) is 337 Å². The molecular formula is C68H132O17P2. The van der Waals surface area contributed by atoms with Gasteiger partial charge in [0.15, 0.2) is 12.2 Å². The summed E-state index contributed by atoms with van der Waals surface area (Å²) in [6, 6.07) is 0. The van der Waals surface area contributed by atoms with Crippen molar-refractivity contribution in [2.75, 3.05) is 39.6 Å². The number of unbranched alkanes of at least 4 members (excludes halogenated alkanes) is 32. The van der Waals surface area contributed by atoms with Crippen molar-refractivity contribution < 1.29 is 80.2 Å². The lowest BCUT2D eigenvalue weighted by atomic mass is 9.99. The van der Waals surface area contributed by atoms with Crippen molar-refractivity contribution in [3.05, 3.63) is 0 Å². The van der Waals surface area contributed by atoms with Crippen molar-refractivity contribution in [2.24, 2.45) is 17.8 Å². The number of carbonyl (C=O) groups excluding carboxylic acids is 4. The normalized spacial score (nSPS) is 14.9. The van der Waals surface area contributed by atoms with Gasteiger partial charge in [-0.25, -0.2) is 9.13 Å². The molecule has 4 unspecified atom stereocenters. The Morgan fingerprint density at radius 3 is 0.874 bits per heavy atom. The van der Waals surface area contributed by atoms with Gasteiger partial charge in [0.2, 0.25) is 0 Å². The number of ether oxygens (including phenoxy) is 4. The van der Waals surface area contributed by atoms with E-state index in [0.29, 0.717) is 25.7 Å². The SMILES string of the molecule is CCCCCCCCCCCCCCCC(=O)O[C@H](COC(=O)CCCCCCCCCCCC(C)C)COP(=O)(O)OC[C@@H](O)COP(=O)(O)OC[C@@H](COC(=O)CCCCCCCCC(C)CC)OC(=O)CCCCCCCCCCC(C)CC. The van der Waals surface area contributed by atoms with Crippen LogP contribution in [0.4, 0.5) is 0 Å². The van der Waals surface area contributed by atoms with Crippen molar-refractivity contribution in [3.63, 3.8) is 0 Å². The molecule has 0 saturated heterocycles. The third-order valence-corrected chi connectivity index (χ3v) is 18.3. The second-order valence-electron chi connectivity index (χ2n) is 25.5. The van der Waals surface area contributed by atoms with Gasteiger partial charge in [-0.05, 0) is 43.4 Å². The summed E-state index contributed by atoms with van der Waals surface area (Å²) in [7, 11) is -9.90. The van der Waals surface area contributed by atoms with E-state index in [4.69, 9.17) is 37.0 Å². The maximum Gasteiger partial charge on any atom is 0.472 e. The number of carbonyl (C=O) groups is 4. The summed E-state index contributed by atoms with van der Waals surface area (Å²) in [5.74, 6) is 0.114. The van der Waals surface area contributed by atoms with Crippen molar-refractivity contribution in [1.29, 1.82) is 0 Å². The first kappa shape index (κ1) is 85.1. The molecule has 0 aliphatic carbocycles. The van der Waals surface area contributed by atoms with Crippen molar-refractivity contribution in [2.45, 2.75) is 356 Å². The second kappa shape index (κ2) is 59.1. The molecule has 7 atom stereocenters. The largest absolute Gasteiger partial charge is 0.472 e. The van der Waals surface area contributed by atoms with E-state index < -0.39 is 97.5 Å². The number of aliphatic hydroxyl groups is 1. The Balaban J connectivity index is 5.27. The van der Waals surface area contributed by atoms with Crippen molar-refractivity contribution >= 4 is 39.5 Å². The van der Waals surface area contributed by atoms with E-state index in [1.165, 1.54) is 141 Å². The van der Waals surface area contributed by atoms with E-state index in [0.717, 1.165) is 114 Å². The number of phosphoric acid groups is 2. The molecule has 0 aromatic carbocycles. The highest BCUT2D eigenvalue weighted by molar-refractivity contribution is 7.47. The molecule has 0 radical (unpaired) electrons. The van der Waals surface area contributed by atoms with Gasteiger partial charge in [-0.3, -0.25) is 37.3 Å². The van der Waals surface area contributed by atoms with Gasteiger partial charge in [0.05, 0.1) is 26.4 Å². The molecule has 3 N–H and O–H groups in total. The average Bonchev–Trinajstić information content (AvgIpc) is 3.69. The minimum Gasteiger partial charge on any atom is -0.462 e. The minimum atomic E-state index is -4.95. The summed E-state index contributed by atoms with van der Waals surface area (Å²) in [4.78, 5) is 72.4. The first-order valence-corrected chi connectivity index (χ1v) is 38.4. The first-order chi connectivity index (χ1) is 41.8. The first-order valence-electron chi connectivity index (χ1n) is 35.4. The van der Waals surface area contributed by atoms with Crippen LogP contribution in [-0.2, 0) is 65.4 Å². The summed E-state index contributed by atoms with van der Waals surface area (Å²) in [6.45, 7) is 11.8. The molecule has 0 aromatic rings. The molecule has 0 bridgehead atoms. The predicted octanol–water partition coefficient (Wildman–Crippen LogP) is 19.1. The minimum absolute atomic E-state index is 0.104. The van der Waals surface area contributed by atoms with Gasteiger partial charge in [0.25, 0.3) is 0 Å². The fraction of sp³-hybridized carbons (Fsp3) is 0.941. The molecule has 0 amide bonds. The lowest BCUT2D eigenvalue weighted by molar-refractivity contribution is -0.161. The van der Waals surface area contributed by atoms with Gasteiger partial charge < -0.3 is 33.8 Å². The maximum atomic E-state index is 13.0. The van der Waals surface area contributed by atoms with Gasteiger partial charge in [-0.1, -0.05) is 286 Å². The summed E-state index contributed by atoms with van der Waals surface area (Å²) in [6.07, 6.45) is 41.6.